The van der Waals surface area contributed by atoms with E-state index in [0.29, 0.717) is 5.71 Å². The van der Waals surface area contributed by atoms with Crippen molar-refractivity contribution >= 4 is 5.71 Å². The molecule has 0 radical (unpaired) electrons. The van der Waals surface area contributed by atoms with Gasteiger partial charge in [0.1, 0.15) is 0 Å². The Morgan fingerprint density at radius 1 is 1.33 bits per heavy atom. The van der Waals surface area contributed by atoms with E-state index in [1.807, 2.05) is 25.2 Å². The van der Waals surface area contributed by atoms with Crippen molar-refractivity contribution in [3.05, 3.63) is 48.2 Å². The molecule has 1 atom stereocenters. The first-order valence-corrected chi connectivity index (χ1v) is 6.50. The average molecular weight is 245 g/mol. The van der Waals surface area contributed by atoms with Crippen molar-refractivity contribution in [1.82, 2.24) is 10.6 Å². The van der Waals surface area contributed by atoms with Gasteiger partial charge in [-0.05, 0) is 30.8 Å². The first-order chi connectivity index (χ1) is 8.79. The van der Waals surface area contributed by atoms with E-state index >= 15 is 0 Å². The summed E-state index contributed by atoms with van der Waals surface area (Å²) in [5.74, 6) is 0. The van der Waals surface area contributed by atoms with Gasteiger partial charge in [-0.25, -0.2) is 0 Å². The van der Waals surface area contributed by atoms with Crippen LogP contribution in [0, 0.1) is 5.41 Å². The Kier molecular flexibility index (Phi) is 6.81. The highest BCUT2D eigenvalue weighted by Crippen LogP contribution is 2.14. The minimum absolute atomic E-state index is 0.0256. The highest BCUT2D eigenvalue weighted by atomic mass is 14.9. The van der Waals surface area contributed by atoms with Crippen LogP contribution < -0.4 is 10.6 Å². The summed E-state index contributed by atoms with van der Waals surface area (Å²) in [6.07, 6.45) is 5.89. The smallest absolute Gasteiger partial charge is 0.0744 e. The van der Waals surface area contributed by atoms with Gasteiger partial charge in [-0.1, -0.05) is 43.7 Å². The van der Waals surface area contributed by atoms with Gasteiger partial charge in [-0.15, -0.1) is 0 Å². The molecule has 1 aromatic rings. The molecule has 0 aliphatic heterocycles. The predicted molar refractivity (Wildman–Crippen MR) is 78.0 cm³/mol. The van der Waals surface area contributed by atoms with Crippen LogP contribution in [0.5, 0.6) is 0 Å². The summed E-state index contributed by atoms with van der Waals surface area (Å²) in [6.45, 7) is 3.11. The van der Waals surface area contributed by atoms with Crippen LogP contribution in [-0.4, -0.2) is 19.3 Å². The molecule has 3 nitrogen and oxygen atoms in total. The molecule has 98 valence electrons. The molecule has 0 fully saturated rings. The minimum atomic E-state index is -0.0256. The Hall–Kier alpha value is -1.61. The summed E-state index contributed by atoms with van der Waals surface area (Å²) in [5, 5.41) is 14.5. The number of unbranched alkanes of at least 4 members (excludes halogenated alkanes) is 1. The third-order valence-corrected chi connectivity index (χ3v) is 2.75. The van der Waals surface area contributed by atoms with Gasteiger partial charge in [-0.3, -0.25) is 0 Å². The molecule has 3 N–H and O–H groups in total. The lowest BCUT2D eigenvalue weighted by Gasteiger charge is -2.18. The van der Waals surface area contributed by atoms with E-state index in [9.17, 15) is 0 Å². The van der Waals surface area contributed by atoms with E-state index in [1.54, 1.807) is 12.3 Å². The maximum Gasteiger partial charge on any atom is 0.0744 e. The van der Waals surface area contributed by atoms with Gasteiger partial charge in [0, 0.05) is 7.05 Å². The van der Waals surface area contributed by atoms with Crippen molar-refractivity contribution < 1.29 is 0 Å². The second kappa shape index (κ2) is 8.48. The molecule has 0 bridgehead atoms. The van der Waals surface area contributed by atoms with Crippen molar-refractivity contribution in [3.8, 4) is 0 Å². The molecule has 0 aliphatic rings. The number of hydrogen-bond donors (Lipinski definition) is 3. The molecule has 1 aromatic carbocycles. The van der Waals surface area contributed by atoms with E-state index in [4.69, 9.17) is 5.41 Å². The molecule has 0 amide bonds. The Bertz CT molecular complexity index is 371. The van der Waals surface area contributed by atoms with Gasteiger partial charge < -0.3 is 16.0 Å². The Morgan fingerprint density at radius 3 is 2.67 bits per heavy atom. The van der Waals surface area contributed by atoms with E-state index in [1.165, 1.54) is 0 Å². The van der Waals surface area contributed by atoms with Gasteiger partial charge in [0.15, 0.2) is 0 Å². The summed E-state index contributed by atoms with van der Waals surface area (Å²) in [4.78, 5) is 0. The molecule has 1 rings (SSSR count). The summed E-state index contributed by atoms with van der Waals surface area (Å²) >= 11 is 0. The first-order valence-electron chi connectivity index (χ1n) is 6.50. The molecule has 0 heterocycles. The van der Waals surface area contributed by atoms with Crippen LogP contribution in [0.3, 0.4) is 0 Å². The zero-order valence-corrected chi connectivity index (χ0v) is 11.2. The molecular weight excluding hydrogens is 222 g/mol. The van der Waals surface area contributed by atoms with Gasteiger partial charge in [0.25, 0.3) is 0 Å². The van der Waals surface area contributed by atoms with Crippen molar-refractivity contribution in [2.45, 2.75) is 25.8 Å². The number of rotatable bonds is 8. The van der Waals surface area contributed by atoms with Crippen molar-refractivity contribution in [2.75, 3.05) is 13.6 Å². The van der Waals surface area contributed by atoms with Gasteiger partial charge in [-0.2, -0.15) is 0 Å². The topological polar surface area (TPSA) is 47.9 Å². The summed E-state index contributed by atoms with van der Waals surface area (Å²) < 4.78 is 0. The molecule has 0 aliphatic carbocycles. The summed E-state index contributed by atoms with van der Waals surface area (Å²) in [5.41, 5.74) is 1.71. The fraction of sp³-hybridized carbons (Fsp3) is 0.400. The van der Waals surface area contributed by atoms with Crippen LogP contribution in [0.25, 0.3) is 0 Å². The van der Waals surface area contributed by atoms with E-state index in [0.717, 1.165) is 24.9 Å². The lowest BCUT2D eigenvalue weighted by Crippen LogP contribution is -2.28. The molecule has 0 saturated carbocycles. The molecular formula is C15H23N3. The second-order valence-corrected chi connectivity index (χ2v) is 4.23. The third-order valence-electron chi connectivity index (χ3n) is 2.75. The van der Waals surface area contributed by atoms with Crippen LogP contribution >= 0.6 is 0 Å². The van der Waals surface area contributed by atoms with E-state index in [-0.39, 0.29) is 6.04 Å². The SMILES string of the molecule is CCCCNC(C(=N)/C=C\NC)c1ccccc1. The lowest BCUT2D eigenvalue weighted by atomic mass is 10.0. The Balaban J connectivity index is 2.75. The zero-order chi connectivity index (χ0) is 13.2. The van der Waals surface area contributed by atoms with Gasteiger partial charge >= 0.3 is 0 Å². The van der Waals surface area contributed by atoms with Crippen LogP contribution in [0.15, 0.2) is 42.6 Å². The van der Waals surface area contributed by atoms with Gasteiger partial charge in [0.2, 0.25) is 0 Å². The standard InChI is InChI=1S/C15H23N3/c1-3-4-11-18-15(14(16)10-12-17-2)13-8-6-5-7-9-13/h5-10,12,15-18H,3-4,11H2,1-2H3/b12-10-,16-14?. The van der Waals surface area contributed by atoms with E-state index in [2.05, 4.69) is 29.7 Å². The lowest BCUT2D eigenvalue weighted by molar-refractivity contribution is 0.609. The van der Waals surface area contributed by atoms with Crippen LogP contribution in [0.4, 0.5) is 0 Å². The fourth-order valence-electron chi connectivity index (χ4n) is 1.75. The average Bonchev–Trinajstić information content (AvgIpc) is 2.42. The first kappa shape index (κ1) is 14.5. The van der Waals surface area contributed by atoms with E-state index < -0.39 is 0 Å². The zero-order valence-electron chi connectivity index (χ0n) is 11.2. The molecule has 18 heavy (non-hydrogen) atoms. The predicted octanol–water partition coefficient (Wildman–Crippen LogP) is 2.87. The van der Waals surface area contributed by atoms with Crippen molar-refractivity contribution in [2.24, 2.45) is 0 Å². The highest BCUT2D eigenvalue weighted by molar-refractivity contribution is 5.97. The van der Waals surface area contributed by atoms with Crippen molar-refractivity contribution in [1.29, 1.82) is 5.41 Å². The number of nitrogens with one attached hydrogen (secondary N) is 3. The number of hydrogen-bond acceptors (Lipinski definition) is 3. The Morgan fingerprint density at radius 2 is 2.06 bits per heavy atom. The minimum Gasteiger partial charge on any atom is -0.394 e. The normalized spacial score (nSPS) is 12.6. The largest absolute Gasteiger partial charge is 0.394 e. The quantitative estimate of drug-likeness (QED) is 0.487. The van der Waals surface area contributed by atoms with Crippen molar-refractivity contribution in [3.63, 3.8) is 0 Å². The van der Waals surface area contributed by atoms with Crippen LogP contribution in [-0.2, 0) is 0 Å². The summed E-state index contributed by atoms with van der Waals surface area (Å²) in [6, 6.07) is 10.1. The molecule has 0 aromatic heterocycles. The summed E-state index contributed by atoms with van der Waals surface area (Å²) in [7, 11) is 1.84. The molecule has 0 spiro atoms. The molecule has 1 unspecified atom stereocenters. The van der Waals surface area contributed by atoms with Gasteiger partial charge in [0.05, 0.1) is 11.8 Å². The highest BCUT2D eigenvalue weighted by Gasteiger charge is 2.13. The molecule has 0 saturated heterocycles. The number of benzene rings is 1. The molecule has 3 heteroatoms. The van der Waals surface area contributed by atoms with Crippen LogP contribution in [0.1, 0.15) is 31.4 Å². The maximum atomic E-state index is 8.13. The monoisotopic (exact) mass is 245 g/mol. The maximum absolute atomic E-state index is 8.13. The second-order valence-electron chi connectivity index (χ2n) is 4.23. The van der Waals surface area contributed by atoms with Crippen LogP contribution in [0.2, 0.25) is 0 Å². The Labute approximate surface area is 110 Å². The fourth-order valence-corrected chi connectivity index (χ4v) is 1.75. The third kappa shape index (κ3) is 4.72.